The molecule has 5 heteroatoms. The fourth-order valence-corrected chi connectivity index (χ4v) is 2.45. The monoisotopic (exact) mass is 280 g/mol. The zero-order valence-corrected chi connectivity index (χ0v) is 12.1. The van der Waals surface area contributed by atoms with Crippen molar-refractivity contribution in [3.63, 3.8) is 0 Å². The molecule has 0 aliphatic carbocycles. The summed E-state index contributed by atoms with van der Waals surface area (Å²) < 4.78 is 18.3. The number of carbonyl (C=O) groups is 1. The average Bonchev–Trinajstić information content (AvgIpc) is 2.78. The van der Waals surface area contributed by atoms with E-state index < -0.39 is 5.41 Å². The molecule has 3 unspecified atom stereocenters. The van der Waals surface area contributed by atoms with Crippen molar-refractivity contribution in [3.05, 3.63) is 35.6 Å². The van der Waals surface area contributed by atoms with Crippen LogP contribution in [0, 0.1) is 11.2 Å². The minimum absolute atomic E-state index is 0.0423. The highest BCUT2D eigenvalue weighted by Gasteiger charge is 2.46. The Bertz CT molecular complexity index is 491. The molecule has 1 fully saturated rings. The van der Waals surface area contributed by atoms with E-state index in [1.54, 1.807) is 24.1 Å². The molecule has 1 aromatic carbocycles. The summed E-state index contributed by atoms with van der Waals surface area (Å²) in [6, 6.07) is 5.74. The lowest BCUT2D eigenvalue weighted by atomic mass is 9.83. The van der Waals surface area contributed by atoms with Crippen LogP contribution < -0.4 is 5.73 Å². The van der Waals surface area contributed by atoms with E-state index in [0.29, 0.717) is 13.2 Å². The van der Waals surface area contributed by atoms with Gasteiger partial charge in [-0.3, -0.25) is 4.79 Å². The zero-order chi connectivity index (χ0) is 14.9. The van der Waals surface area contributed by atoms with Crippen molar-refractivity contribution in [2.75, 3.05) is 20.3 Å². The van der Waals surface area contributed by atoms with Crippen molar-refractivity contribution in [1.29, 1.82) is 0 Å². The second kappa shape index (κ2) is 5.50. The minimum Gasteiger partial charge on any atom is -0.379 e. The molecule has 1 heterocycles. The van der Waals surface area contributed by atoms with Crippen LogP contribution in [0.3, 0.4) is 0 Å². The largest absolute Gasteiger partial charge is 0.379 e. The maximum absolute atomic E-state index is 13.0. The lowest BCUT2D eigenvalue weighted by molar-refractivity contribution is -0.142. The van der Waals surface area contributed by atoms with Crippen LogP contribution in [0.1, 0.15) is 25.5 Å². The molecule has 1 saturated heterocycles. The number of ether oxygens (including phenoxy) is 1. The summed E-state index contributed by atoms with van der Waals surface area (Å²) in [7, 11) is 1.74. The van der Waals surface area contributed by atoms with Gasteiger partial charge in [0.25, 0.3) is 0 Å². The van der Waals surface area contributed by atoms with Crippen molar-refractivity contribution in [3.8, 4) is 0 Å². The summed E-state index contributed by atoms with van der Waals surface area (Å²) in [6.07, 6.45) is 0. The minimum atomic E-state index is -0.691. The third kappa shape index (κ3) is 2.55. The molecule has 1 aromatic rings. The number of amides is 1. The Morgan fingerprint density at radius 2 is 2.10 bits per heavy atom. The van der Waals surface area contributed by atoms with Gasteiger partial charge in [0.15, 0.2) is 0 Å². The Morgan fingerprint density at radius 3 is 2.60 bits per heavy atom. The van der Waals surface area contributed by atoms with Crippen molar-refractivity contribution < 1.29 is 13.9 Å². The molecular formula is C15H21FN2O2. The summed E-state index contributed by atoms with van der Waals surface area (Å²) >= 11 is 0. The Hall–Kier alpha value is -1.46. The van der Waals surface area contributed by atoms with Crippen molar-refractivity contribution in [2.45, 2.75) is 25.9 Å². The topological polar surface area (TPSA) is 55.6 Å². The molecule has 1 aliphatic heterocycles. The quantitative estimate of drug-likeness (QED) is 0.917. The van der Waals surface area contributed by atoms with Crippen LogP contribution in [0.25, 0.3) is 0 Å². The normalized spacial score (nSPS) is 27.4. The van der Waals surface area contributed by atoms with Crippen molar-refractivity contribution >= 4 is 5.91 Å². The highest BCUT2D eigenvalue weighted by atomic mass is 19.1. The number of hydrogen-bond donors (Lipinski definition) is 1. The fraction of sp³-hybridized carbons (Fsp3) is 0.533. The number of rotatable bonds is 3. The number of halogens is 1. The molecule has 0 aromatic heterocycles. The van der Waals surface area contributed by atoms with Crippen LogP contribution >= 0.6 is 0 Å². The maximum Gasteiger partial charge on any atom is 0.232 e. The van der Waals surface area contributed by atoms with Gasteiger partial charge in [-0.05, 0) is 31.5 Å². The summed E-state index contributed by atoms with van der Waals surface area (Å²) in [6.45, 7) is 4.49. The SMILES string of the molecule is CC(c1ccc(F)cc1)N(C)C(=O)C1(C)COCC1N. The predicted molar refractivity (Wildman–Crippen MR) is 74.5 cm³/mol. The molecule has 0 saturated carbocycles. The molecule has 1 amide bonds. The highest BCUT2D eigenvalue weighted by Crippen LogP contribution is 2.32. The first-order valence-electron chi connectivity index (χ1n) is 6.72. The molecule has 20 heavy (non-hydrogen) atoms. The van der Waals surface area contributed by atoms with Gasteiger partial charge in [0, 0.05) is 13.1 Å². The molecule has 2 rings (SSSR count). The highest BCUT2D eigenvalue weighted by molar-refractivity contribution is 5.84. The van der Waals surface area contributed by atoms with E-state index in [1.807, 2.05) is 13.8 Å². The zero-order valence-electron chi connectivity index (χ0n) is 12.1. The second-order valence-electron chi connectivity index (χ2n) is 5.68. The Labute approximate surface area is 118 Å². The molecule has 0 bridgehead atoms. The molecule has 4 nitrogen and oxygen atoms in total. The Balaban J connectivity index is 2.16. The van der Waals surface area contributed by atoms with E-state index in [9.17, 15) is 9.18 Å². The van der Waals surface area contributed by atoms with Crippen LogP contribution in [-0.4, -0.2) is 37.1 Å². The summed E-state index contributed by atoms with van der Waals surface area (Å²) in [5.41, 5.74) is 6.18. The third-order valence-corrected chi connectivity index (χ3v) is 4.26. The Morgan fingerprint density at radius 1 is 1.50 bits per heavy atom. The first-order valence-corrected chi connectivity index (χ1v) is 6.72. The number of benzene rings is 1. The molecular weight excluding hydrogens is 259 g/mol. The van der Waals surface area contributed by atoms with E-state index in [-0.39, 0.29) is 23.8 Å². The smallest absolute Gasteiger partial charge is 0.232 e. The van der Waals surface area contributed by atoms with Crippen LogP contribution in [0.4, 0.5) is 4.39 Å². The van der Waals surface area contributed by atoms with Crippen LogP contribution in [-0.2, 0) is 9.53 Å². The van der Waals surface area contributed by atoms with Crippen molar-refractivity contribution in [1.82, 2.24) is 4.90 Å². The number of nitrogens with two attached hydrogens (primary N) is 1. The van der Waals surface area contributed by atoms with E-state index in [2.05, 4.69) is 0 Å². The van der Waals surface area contributed by atoms with Crippen LogP contribution in [0.2, 0.25) is 0 Å². The summed E-state index contributed by atoms with van der Waals surface area (Å²) in [5.74, 6) is -0.326. The number of hydrogen-bond acceptors (Lipinski definition) is 3. The maximum atomic E-state index is 13.0. The molecule has 0 spiro atoms. The second-order valence-corrected chi connectivity index (χ2v) is 5.68. The van der Waals surface area contributed by atoms with Crippen LogP contribution in [0.5, 0.6) is 0 Å². The van der Waals surface area contributed by atoms with Gasteiger partial charge in [-0.15, -0.1) is 0 Å². The number of carbonyl (C=O) groups excluding carboxylic acids is 1. The standard InChI is InChI=1S/C15H21FN2O2/c1-10(11-4-6-12(16)7-5-11)18(3)14(19)15(2)9-20-8-13(15)17/h4-7,10,13H,8-9,17H2,1-3H3. The summed E-state index contributed by atoms with van der Waals surface area (Å²) in [4.78, 5) is 14.3. The van der Waals surface area contributed by atoms with E-state index in [0.717, 1.165) is 5.56 Å². The van der Waals surface area contributed by atoms with Gasteiger partial charge in [-0.2, -0.15) is 0 Å². The van der Waals surface area contributed by atoms with Gasteiger partial charge in [0.2, 0.25) is 5.91 Å². The van der Waals surface area contributed by atoms with Gasteiger partial charge in [0.05, 0.1) is 24.7 Å². The van der Waals surface area contributed by atoms with Gasteiger partial charge in [-0.1, -0.05) is 12.1 Å². The first-order chi connectivity index (χ1) is 9.36. The third-order valence-electron chi connectivity index (χ3n) is 4.26. The van der Waals surface area contributed by atoms with E-state index in [1.165, 1.54) is 12.1 Å². The van der Waals surface area contributed by atoms with Gasteiger partial charge in [-0.25, -0.2) is 4.39 Å². The lowest BCUT2D eigenvalue weighted by Crippen LogP contribution is -2.50. The molecule has 2 N–H and O–H groups in total. The molecule has 1 aliphatic rings. The van der Waals surface area contributed by atoms with Gasteiger partial charge in [0.1, 0.15) is 5.82 Å². The first kappa shape index (κ1) is 14.9. The fourth-order valence-electron chi connectivity index (χ4n) is 2.45. The summed E-state index contributed by atoms with van der Waals surface area (Å²) in [5, 5.41) is 0. The van der Waals surface area contributed by atoms with Gasteiger partial charge >= 0.3 is 0 Å². The molecule has 110 valence electrons. The lowest BCUT2D eigenvalue weighted by Gasteiger charge is -2.34. The predicted octanol–water partition coefficient (Wildman–Crippen LogP) is 1.71. The molecule has 3 atom stereocenters. The van der Waals surface area contributed by atoms with Crippen LogP contribution in [0.15, 0.2) is 24.3 Å². The Kier molecular flexibility index (Phi) is 4.11. The van der Waals surface area contributed by atoms with E-state index in [4.69, 9.17) is 10.5 Å². The number of nitrogens with zero attached hydrogens (tertiary/aromatic N) is 1. The van der Waals surface area contributed by atoms with Gasteiger partial charge < -0.3 is 15.4 Å². The average molecular weight is 280 g/mol. The van der Waals surface area contributed by atoms with Crippen molar-refractivity contribution in [2.24, 2.45) is 11.1 Å². The van der Waals surface area contributed by atoms with E-state index >= 15 is 0 Å². The molecule has 0 radical (unpaired) electrons.